The van der Waals surface area contributed by atoms with Crippen molar-refractivity contribution in [3.8, 4) is 5.75 Å². The van der Waals surface area contributed by atoms with E-state index in [9.17, 15) is 4.79 Å². The molecule has 3 aromatic carbocycles. The van der Waals surface area contributed by atoms with Crippen LogP contribution in [0.3, 0.4) is 0 Å². The second-order valence-corrected chi connectivity index (χ2v) is 6.50. The highest BCUT2D eigenvalue weighted by Gasteiger charge is 2.27. The second kappa shape index (κ2) is 7.08. The number of para-hydroxylation sites is 1. The van der Waals surface area contributed by atoms with E-state index in [-0.39, 0.29) is 12.1 Å². The third-order valence-electron chi connectivity index (χ3n) is 4.72. The number of unbranched alkanes of at least 4 members (excludes halogenated alkanes) is 1. The first-order chi connectivity index (χ1) is 12.8. The normalized spacial score (nSPS) is 15.9. The van der Waals surface area contributed by atoms with Crippen molar-refractivity contribution in [1.82, 2.24) is 5.32 Å². The Morgan fingerprint density at radius 3 is 2.65 bits per heavy atom. The molecule has 1 amide bonds. The van der Waals surface area contributed by atoms with Gasteiger partial charge < -0.3 is 15.4 Å². The highest BCUT2D eigenvalue weighted by Crippen LogP contribution is 2.36. The van der Waals surface area contributed by atoms with Crippen LogP contribution in [0.5, 0.6) is 5.75 Å². The van der Waals surface area contributed by atoms with Gasteiger partial charge in [0, 0.05) is 11.3 Å². The smallest absolute Gasteiger partial charge is 0.255 e. The van der Waals surface area contributed by atoms with E-state index < -0.39 is 0 Å². The van der Waals surface area contributed by atoms with Gasteiger partial charge in [-0.3, -0.25) is 4.79 Å². The molecule has 26 heavy (non-hydrogen) atoms. The first-order valence-electron chi connectivity index (χ1n) is 9.09. The van der Waals surface area contributed by atoms with Crippen LogP contribution >= 0.6 is 0 Å². The van der Waals surface area contributed by atoms with Crippen LogP contribution in [0.15, 0.2) is 60.7 Å². The lowest BCUT2D eigenvalue weighted by atomic mass is 9.98. The Kier molecular flexibility index (Phi) is 4.48. The summed E-state index contributed by atoms with van der Waals surface area (Å²) >= 11 is 0. The van der Waals surface area contributed by atoms with Crippen molar-refractivity contribution in [2.45, 2.75) is 25.9 Å². The van der Waals surface area contributed by atoms with Gasteiger partial charge in [0.2, 0.25) is 0 Å². The van der Waals surface area contributed by atoms with E-state index in [2.05, 4.69) is 35.8 Å². The van der Waals surface area contributed by atoms with Crippen LogP contribution in [-0.4, -0.2) is 12.5 Å². The van der Waals surface area contributed by atoms with Crippen LogP contribution in [0.25, 0.3) is 10.8 Å². The number of nitrogens with one attached hydrogen (secondary N) is 2. The molecule has 0 spiro atoms. The van der Waals surface area contributed by atoms with Crippen LogP contribution in [0.1, 0.15) is 41.9 Å². The molecule has 1 atom stereocenters. The number of benzene rings is 3. The summed E-state index contributed by atoms with van der Waals surface area (Å²) in [4.78, 5) is 12.6. The molecule has 4 nitrogen and oxygen atoms in total. The van der Waals surface area contributed by atoms with Crippen molar-refractivity contribution in [3.63, 3.8) is 0 Å². The summed E-state index contributed by atoms with van der Waals surface area (Å²) in [5, 5.41) is 8.74. The summed E-state index contributed by atoms with van der Waals surface area (Å²) in [7, 11) is 0. The molecule has 0 aromatic heterocycles. The molecule has 1 aliphatic rings. The second-order valence-electron chi connectivity index (χ2n) is 6.50. The quantitative estimate of drug-likeness (QED) is 0.648. The lowest BCUT2D eigenvalue weighted by Crippen LogP contribution is -2.38. The Bertz CT molecular complexity index is 952. The van der Waals surface area contributed by atoms with Gasteiger partial charge in [-0.2, -0.15) is 0 Å². The van der Waals surface area contributed by atoms with E-state index in [0.29, 0.717) is 12.2 Å². The number of anilines is 1. The fourth-order valence-electron chi connectivity index (χ4n) is 3.38. The van der Waals surface area contributed by atoms with E-state index >= 15 is 0 Å². The van der Waals surface area contributed by atoms with E-state index in [0.717, 1.165) is 40.6 Å². The molecule has 4 rings (SSSR count). The summed E-state index contributed by atoms with van der Waals surface area (Å²) in [6.07, 6.45) is 1.74. The van der Waals surface area contributed by atoms with E-state index in [1.807, 2.05) is 42.5 Å². The van der Waals surface area contributed by atoms with Crippen molar-refractivity contribution in [1.29, 1.82) is 0 Å². The predicted molar refractivity (Wildman–Crippen MR) is 105 cm³/mol. The highest BCUT2D eigenvalue weighted by atomic mass is 16.5. The van der Waals surface area contributed by atoms with Gasteiger partial charge in [-0.25, -0.2) is 0 Å². The average Bonchev–Trinajstić information content (AvgIpc) is 2.68. The molecule has 0 fully saturated rings. The largest absolute Gasteiger partial charge is 0.493 e. The number of amides is 1. The molecular weight excluding hydrogens is 324 g/mol. The van der Waals surface area contributed by atoms with Crippen LogP contribution < -0.4 is 15.4 Å². The number of fused-ring (bicyclic) bond motifs is 2. The fourth-order valence-corrected chi connectivity index (χ4v) is 3.38. The Morgan fingerprint density at radius 2 is 1.77 bits per heavy atom. The Morgan fingerprint density at radius 1 is 0.962 bits per heavy atom. The van der Waals surface area contributed by atoms with E-state index in [1.165, 1.54) is 0 Å². The molecule has 1 heterocycles. The summed E-state index contributed by atoms with van der Waals surface area (Å²) in [6, 6.07) is 19.8. The summed E-state index contributed by atoms with van der Waals surface area (Å²) in [6.45, 7) is 2.81. The molecule has 4 heteroatoms. The van der Waals surface area contributed by atoms with Gasteiger partial charge in [0.1, 0.15) is 11.9 Å². The lowest BCUT2D eigenvalue weighted by molar-refractivity contribution is 0.0935. The maximum absolute atomic E-state index is 12.6. The Labute approximate surface area is 153 Å². The zero-order valence-electron chi connectivity index (χ0n) is 14.8. The minimum atomic E-state index is -0.333. The summed E-state index contributed by atoms with van der Waals surface area (Å²) in [5.74, 6) is 0.742. The van der Waals surface area contributed by atoms with Crippen LogP contribution in [0.4, 0.5) is 5.69 Å². The van der Waals surface area contributed by atoms with Crippen LogP contribution in [0.2, 0.25) is 0 Å². The Balaban J connectivity index is 1.79. The molecule has 132 valence electrons. The van der Waals surface area contributed by atoms with Crippen LogP contribution in [-0.2, 0) is 0 Å². The zero-order chi connectivity index (χ0) is 17.9. The number of ether oxygens (including phenoxy) is 1. The molecule has 1 unspecified atom stereocenters. The van der Waals surface area contributed by atoms with Crippen LogP contribution in [0, 0.1) is 0 Å². The van der Waals surface area contributed by atoms with E-state index in [1.54, 1.807) is 0 Å². The zero-order valence-corrected chi connectivity index (χ0v) is 14.8. The van der Waals surface area contributed by atoms with Gasteiger partial charge in [0.15, 0.2) is 0 Å². The minimum absolute atomic E-state index is 0.0724. The summed E-state index contributed by atoms with van der Waals surface area (Å²) in [5.41, 5.74) is 2.48. The van der Waals surface area contributed by atoms with Gasteiger partial charge >= 0.3 is 0 Å². The molecular formula is C22H22N2O2. The average molecular weight is 346 g/mol. The maximum atomic E-state index is 12.6. The third kappa shape index (κ3) is 2.99. The first-order valence-corrected chi connectivity index (χ1v) is 9.09. The van der Waals surface area contributed by atoms with Gasteiger partial charge in [-0.1, -0.05) is 55.8 Å². The highest BCUT2D eigenvalue weighted by molar-refractivity contribution is 6.02. The molecule has 3 aromatic rings. The molecule has 0 saturated heterocycles. The molecule has 0 aliphatic carbocycles. The number of rotatable bonds is 5. The Hall–Kier alpha value is -3.01. The number of hydrogen-bond acceptors (Lipinski definition) is 3. The monoisotopic (exact) mass is 346 g/mol. The summed E-state index contributed by atoms with van der Waals surface area (Å²) < 4.78 is 6.07. The number of carbonyl (C=O) groups is 1. The standard InChI is InChI=1S/C22H22N2O2/c1-2-3-14-26-19-13-12-15-8-4-5-9-16(15)20(19)21-23-18-11-7-6-10-17(18)22(25)24-21/h4-13,21,23H,2-3,14H2,1H3,(H,24,25). The fraction of sp³-hybridized carbons (Fsp3) is 0.227. The van der Waals surface area contributed by atoms with Crippen molar-refractivity contribution in [2.24, 2.45) is 0 Å². The number of hydrogen-bond donors (Lipinski definition) is 2. The molecule has 0 saturated carbocycles. The molecule has 0 bridgehead atoms. The SMILES string of the molecule is CCCCOc1ccc2ccccc2c1C1NC(=O)c2ccccc2N1. The van der Waals surface area contributed by atoms with Crippen molar-refractivity contribution in [3.05, 3.63) is 71.8 Å². The first kappa shape index (κ1) is 16.5. The van der Waals surface area contributed by atoms with Gasteiger partial charge in [0.25, 0.3) is 5.91 Å². The van der Waals surface area contributed by atoms with Crippen molar-refractivity contribution >= 4 is 22.4 Å². The minimum Gasteiger partial charge on any atom is -0.493 e. The van der Waals surface area contributed by atoms with Gasteiger partial charge in [0.05, 0.1) is 12.2 Å². The van der Waals surface area contributed by atoms with Crippen molar-refractivity contribution < 1.29 is 9.53 Å². The van der Waals surface area contributed by atoms with Crippen molar-refractivity contribution in [2.75, 3.05) is 11.9 Å². The third-order valence-corrected chi connectivity index (χ3v) is 4.72. The van der Waals surface area contributed by atoms with E-state index in [4.69, 9.17) is 4.74 Å². The maximum Gasteiger partial charge on any atom is 0.255 e. The topological polar surface area (TPSA) is 50.4 Å². The lowest BCUT2D eigenvalue weighted by Gasteiger charge is -2.30. The number of carbonyl (C=O) groups excluding carboxylic acids is 1. The van der Waals surface area contributed by atoms with Gasteiger partial charge in [-0.15, -0.1) is 0 Å². The van der Waals surface area contributed by atoms with Gasteiger partial charge in [-0.05, 0) is 35.4 Å². The molecule has 2 N–H and O–H groups in total. The predicted octanol–water partition coefficient (Wildman–Crippen LogP) is 4.87. The molecule has 0 radical (unpaired) electrons. The molecule has 1 aliphatic heterocycles.